The minimum absolute atomic E-state index is 0.0523. The minimum Gasteiger partial charge on any atom is -0.388 e. The lowest BCUT2D eigenvalue weighted by Crippen LogP contribution is -2.40. The average molecular weight is 393 g/mol. The molecule has 5 nitrogen and oxygen atoms in total. The molecule has 1 saturated heterocycles. The van der Waals surface area contributed by atoms with Gasteiger partial charge in [-0.3, -0.25) is 4.79 Å². The highest BCUT2D eigenvalue weighted by molar-refractivity contribution is 5.95. The quantitative estimate of drug-likeness (QED) is 0.731. The van der Waals surface area contributed by atoms with E-state index >= 15 is 0 Å². The Morgan fingerprint density at radius 1 is 1.10 bits per heavy atom. The Bertz CT molecular complexity index is 977. The summed E-state index contributed by atoms with van der Waals surface area (Å²) in [5.74, 6) is -0.219. The Hall–Kier alpha value is -2.99. The van der Waals surface area contributed by atoms with E-state index < -0.39 is 6.10 Å². The largest absolute Gasteiger partial charge is 0.388 e. The Kier molecular flexibility index (Phi) is 5.45. The van der Waals surface area contributed by atoms with Crippen molar-refractivity contribution in [3.8, 4) is 5.69 Å². The number of aliphatic hydroxyl groups excluding tert-OH is 1. The zero-order valence-corrected chi connectivity index (χ0v) is 16.3. The Morgan fingerprint density at radius 2 is 1.76 bits per heavy atom. The van der Waals surface area contributed by atoms with Gasteiger partial charge in [0.05, 0.1) is 29.2 Å². The van der Waals surface area contributed by atoms with Crippen molar-refractivity contribution >= 4 is 5.91 Å². The molecule has 1 unspecified atom stereocenters. The van der Waals surface area contributed by atoms with E-state index in [2.05, 4.69) is 5.10 Å². The molecule has 2 aromatic carbocycles. The van der Waals surface area contributed by atoms with E-state index in [1.54, 1.807) is 23.0 Å². The lowest BCUT2D eigenvalue weighted by molar-refractivity contribution is 0.0462. The van der Waals surface area contributed by atoms with Gasteiger partial charge in [0.2, 0.25) is 0 Å². The van der Waals surface area contributed by atoms with E-state index in [9.17, 15) is 14.3 Å². The SMILES string of the molecule is Cc1c(C(=O)N2CCC(C(O)c3ccccc3)CC2)cnn1-c1ccc(F)cc1. The van der Waals surface area contributed by atoms with Gasteiger partial charge in [0.25, 0.3) is 5.91 Å². The lowest BCUT2D eigenvalue weighted by Gasteiger charge is -2.34. The molecule has 1 aliphatic heterocycles. The summed E-state index contributed by atoms with van der Waals surface area (Å²) in [6.45, 7) is 3.05. The molecule has 1 aliphatic rings. The van der Waals surface area contributed by atoms with E-state index in [0.29, 0.717) is 24.3 Å². The Morgan fingerprint density at radius 3 is 2.41 bits per heavy atom. The number of carbonyl (C=O) groups excluding carboxylic acids is 1. The van der Waals surface area contributed by atoms with Crippen LogP contribution >= 0.6 is 0 Å². The zero-order valence-electron chi connectivity index (χ0n) is 16.3. The summed E-state index contributed by atoms with van der Waals surface area (Å²) in [7, 11) is 0. The first kappa shape index (κ1) is 19.3. The third kappa shape index (κ3) is 3.93. The average Bonchev–Trinajstić information content (AvgIpc) is 3.15. The number of aromatic nitrogens is 2. The lowest BCUT2D eigenvalue weighted by atomic mass is 9.87. The van der Waals surface area contributed by atoms with Crippen LogP contribution in [0.1, 0.15) is 40.6 Å². The van der Waals surface area contributed by atoms with Gasteiger partial charge >= 0.3 is 0 Å². The maximum absolute atomic E-state index is 13.2. The van der Waals surface area contributed by atoms with Crippen LogP contribution in [0.25, 0.3) is 5.69 Å². The molecular formula is C23H24FN3O2. The number of rotatable bonds is 4. The summed E-state index contributed by atoms with van der Waals surface area (Å²) < 4.78 is 14.8. The maximum Gasteiger partial charge on any atom is 0.257 e. The van der Waals surface area contributed by atoms with Gasteiger partial charge in [0, 0.05) is 13.1 Å². The predicted octanol–water partition coefficient (Wildman–Crippen LogP) is 3.91. The number of piperidine rings is 1. The van der Waals surface area contributed by atoms with Crippen molar-refractivity contribution in [3.05, 3.63) is 83.4 Å². The van der Waals surface area contributed by atoms with Gasteiger partial charge in [-0.15, -0.1) is 0 Å². The molecule has 150 valence electrons. The first-order valence-electron chi connectivity index (χ1n) is 9.87. The molecular weight excluding hydrogens is 369 g/mol. The smallest absolute Gasteiger partial charge is 0.257 e. The number of halogens is 1. The van der Waals surface area contributed by atoms with Crippen LogP contribution in [0.3, 0.4) is 0 Å². The van der Waals surface area contributed by atoms with E-state index in [4.69, 9.17) is 0 Å². The summed E-state index contributed by atoms with van der Waals surface area (Å²) in [4.78, 5) is 14.8. The second kappa shape index (κ2) is 8.17. The molecule has 1 atom stereocenters. The molecule has 1 fully saturated rings. The van der Waals surface area contributed by atoms with Crippen LogP contribution in [-0.4, -0.2) is 38.8 Å². The summed E-state index contributed by atoms with van der Waals surface area (Å²) in [5.41, 5.74) is 2.92. The van der Waals surface area contributed by atoms with Gasteiger partial charge in [0.15, 0.2) is 0 Å². The van der Waals surface area contributed by atoms with Crippen molar-refractivity contribution in [2.24, 2.45) is 5.92 Å². The first-order valence-corrected chi connectivity index (χ1v) is 9.87. The van der Waals surface area contributed by atoms with Crippen LogP contribution in [0.2, 0.25) is 0 Å². The topological polar surface area (TPSA) is 58.4 Å². The summed E-state index contributed by atoms with van der Waals surface area (Å²) in [6, 6.07) is 15.7. The molecule has 0 radical (unpaired) electrons. The van der Waals surface area contributed by atoms with Crippen LogP contribution in [-0.2, 0) is 0 Å². The molecule has 0 saturated carbocycles. The fraction of sp³-hybridized carbons (Fsp3) is 0.304. The molecule has 1 aromatic heterocycles. The Labute approximate surface area is 169 Å². The normalized spacial score (nSPS) is 16.0. The van der Waals surface area contributed by atoms with Crippen molar-refractivity contribution < 1.29 is 14.3 Å². The van der Waals surface area contributed by atoms with Crippen LogP contribution in [0, 0.1) is 18.7 Å². The van der Waals surface area contributed by atoms with Crippen molar-refractivity contribution in [2.75, 3.05) is 13.1 Å². The molecule has 1 amide bonds. The zero-order chi connectivity index (χ0) is 20.4. The van der Waals surface area contributed by atoms with E-state index in [1.165, 1.54) is 12.1 Å². The highest BCUT2D eigenvalue weighted by Crippen LogP contribution is 2.31. The number of hydrogen-bond acceptors (Lipinski definition) is 3. The summed E-state index contributed by atoms with van der Waals surface area (Å²) in [6.07, 6.45) is 2.59. The van der Waals surface area contributed by atoms with E-state index in [0.717, 1.165) is 24.1 Å². The van der Waals surface area contributed by atoms with Crippen molar-refractivity contribution in [2.45, 2.75) is 25.9 Å². The van der Waals surface area contributed by atoms with Crippen LogP contribution in [0.4, 0.5) is 4.39 Å². The summed E-state index contributed by atoms with van der Waals surface area (Å²) in [5, 5.41) is 15.0. The molecule has 3 aromatic rings. The molecule has 29 heavy (non-hydrogen) atoms. The minimum atomic E-state index is -0.503. The van der Waals surface area contributed by atoms with Crippen LogP contribution < -0.4 is 0 Å². The van der Waals surface area contributed by atoms with Crippen molar-refractivity contribution in [1.29, 1.82) is 0 Å². The molecule has 2 heterocycles. The fourth-order valence-corrected chi connectivity index (χ4v) is 3.97. The monoisotopic (exact) mass is 393 g/mol. The summed E-state index contributed by atoms with van der Waals surface area (Å²) >= 11 is 0. The second-order valence-electron chi connectivity index (χ2n) is 7.52. The predicted molar refractivity (Wildman–Crippen MR) is 108 cm³/mol. The third-order valence-corrected chi connectivity index (χ3v) is 5.73. The van der Waals surface area contributed by atoms with E-state index in [-0.39, 0.29) is 17.6 Å². The maximum atomic E-state index is 13.2. The van der Waals surface area contributed by atoms with E-state index in [1.807, 2.05) is 42.2 Å². The van der Waals surface area contributed by atoms with Gasteiger partial charge in [-0.2, -0.15) is 5.10 Å². The van der Waals surface area contributed by atoms with Gasteiger partial charge in [0.1, 0.15) is 5.82 Å². The van der Waals surface area contributed by atoms with Crippen LogP contribution in [0.15, 0.2) is 60.8 Å². The van der Waals surface area contributed by atoms with Crippen molar-refractivity contribution in [3.63, 3.8) is 0 Å². The van der Waals surface area contributed by atoms with Gasteiger partial charge in [-0.25, -0.2) is 9.07 Å². The standard InChI is InChI=1S/C23H24FN3O2/c1-16-21(15-25-27(16)20-9-7-19(24)8-10-20)23(29)26-13-11-18(12-14-26)22(28)17-5-3-2-4-6-17/h2-10,15,18,22,28H,11-14H2,1H3. The van der Waals surface area contributed by atoms with Crippen molar-refractivity contribution in [1.82, 2.24) is 14.7 Å². The van der Waals surface area contributed by atoms with Gasteiger partial charge in [-0.1, -0.05) is 30.3 Å². The second-order valence-corrected chi connectivity index (χ2v) is 7.52. The number of hydrogen-bond donors (Lipinski definition) is 1. The number of carbonyl (C=O) groups is 1. The molecule has 0 aliphatic carbocycles. The number of nitrogens with zero attached hydrogens (tertiary/aromatic N) is 3. The fourth-order valence-electron chi connectivity index (χ4n) is 3.97. The molecule has 6 heteroatoms. The number of likely N-dealkylation sites (tertiary alicyclic amines) is 1. The number of aliphatic hydroxyl groups is 1. The van der Waals surface area contributed by atoms with Gasteiger partial charge < -0.3 is 10.0 Å². The highest BCUT2D eigenvalue weighted by atomic mass is 19.1. The first-order chi connectivity index (χ1) is 14.0. The van der Waals surface area contributed by atoms with Crippen LogP contribution in [0.5, 0.6) is 0 Å². The molecule has 1 N–H and O–H groups in total. The molecule has 0 spiro atoms. The molecule has 4 rings (SSSR count). The Balaban J connectivity index is 1.43. The highest BCUT2D eigenvalue weighted by Gasteiger charge is 2.30. The number of benzene rings is 2. The molecule has 0 bridgehead atoms. The third-order valence-electron chi connectivity index (χ3n) is 5.73. The number of amides is 1. The van der Waals surface area contributed by atoms with Gasteiger partial charge in [-0.05, 0) is 55.5 Å².